The van der Waals surface area contributed by atoms with E-state index in [-0.39, 0.29) is 11.8 Å². The van der Waals surface area contributed by atoms with E-state index >= 15 is 0 Å². The van der Waals surface area contributed by atoms with Crippen molar-refractivity contribution >= 4 is 10.9 Å². The summed E-state index contributed by atoms with van der Waals surface area (Å²) in [6.07, 6.45) is 6.84. The van der Waals surface area contributed by atoms with Gasteiger partial charge in [-0.25, -0.2) is 9.67 Å². The van der Waals surface area contributed by atoms with Crippen LogP contribution in [0.2, 0.25) is 0 Å². The Hall–Kier alpha value is -3.26. The van der Waals surface area contributed by atoms with Crippen molar-refractivity contribution < 1.29 is 4.74 Å². The second-order valence-corrected chi connectivity index (χ2v) is 7.97. The van der Waals surface area contributed by atoms with E-state index < -0.39 is 0 Å². The van der Waals surface area contributed by atoms with Crippen molar-refractivity contribution in [1.29, 1.82) is 0 Å². The highest BCUT2D eigenvalue weighted by Gasteiger charge is 2.28. The molecule has 8 heteroatoms. The van der Waals surface area contributed by atoms with Crippen molar-refractivity contribution in [2.24, 2.45) is 0 Å². The lowest BCUT2D eigenvalue weighted by Crippen LogP contribution is -2.28. The highest BCUT2D eigenvalue weighted by molar-refractivity contribution is 5.79. The Morgan fingerprint density at radius 2 is 1.90 bits per heavy atom. The Bertz CT molecular complexity index is 1280. The van der Waals surface area contributed by atoms with E-state index in [0.717, 1.165) is 43.4 Å². The molecule has 0 radical (unpaired) electrons. The maximum Gasteiger partial charge on any atom is 0.280 e. The highest BCUT2D eigenvalue weighted by Crippen LogP contribution is 2.37. The lowest BCUT2D eigenvalue weighted by Gasteiger charge is -2.26. The summed E-state index contributed by atoms with van der Waals surface area (Å²) in [7, 11) is 0. The zero-order chi connectivity index (χ0) is 20.1. The van der Waals surface area contributed by atoms with E-state index in [1.54, 1.807) is 11.0 Å². The smallest absolute Gasteiger partial charge is 0.280 e. The number of nitrogens with zero attached hydrogens (tertiary/aromatic N) is 6. The molecule has 1 aliphatic heterocycles. The van der Waals surface area contributed by atoms with Crippen LogP contribution in [0.5, 0.6) is 0 Å². The molecule has 1 aliphatic carbocycles. The number of aromatic nitrogens is 6. The molecule has 1 atom stereocenters. The number of rotatable bonds is 4. The summed E-state index contributed by atoms with van der Waals surface area (Å²) in [6.45, 7) is 0.698. The summed E-state index contributed by atoms with van der Waals surface area (Å²) in [5.41, 5.74) is 1.49. The van der Waals surface area contributed by atoms with Crippen LogP contribution in [-0.4, -0.2) is 35.7 Å². The molecule has 1 unspecified atom stereocenters. The molecule has 8 nitrogen and oxygen atoms in total. The second-order valence-electron chi connectivity index (χ2n) is 7.97. The Labute approximate surface area is 172 Å². The average Bonchev–Trinajstić information content (AvgIpc) is 3.45. The topological polar surface area (TPSA) is 79.8 Å². The van der Waals surface area contributed by atoms with Crippen LogP contribution in [0.4, 0.5) is 0 Å². The maximum absolute atomic E-state index is 13.4. The zero-order valence-corrected chi connectivity index (χ0v) is 16.5. The maximum atomic E-state index is 13.4. The van der Waals surface area contributed by atoms with Crippen LogP contribution in [-0.2, 0) is 4.74 Å². The first kappa shape index (κ1) is 17.6. The first-order valence-corrected chi connectivity index (χ1v) is 10.5. The molecule has 3 aromatic heterocycles. The molecule has 1 aromatic carbocycles. The van der Waals surface area contributed by atoms with Gasteiger partial charge in [0.05, 0.1) is 10.9 Å². The molecule has 6 rings (SSSR count). The van der Waals surface area contributed by atoms with Gasteiger partial charge in [0.1, 0.15) is 18.2 Å². The molecule has 0 amide bonds. The van der Waals surface area contributed by atoms with Crippen molar-refractivity contribution in [3.05, 3.63) is 59.1 Å². The van der Waals surface area contributed by atoms with Gasteiger partial charge in [-0.1, -0.05) is 18.2 Å². The van der Waals surface area contributed by atoms with Gasteiger partial charge in [0.15, 0.2) is 11.6 Å². The fourth-order valence-electron chi connectivity index (χ4n) is 4.30. The quantitative estimate of drug-likeness (QED) is 0.522. The Morgan fingerprint density at radius 1 is 1.00 bits per heavy atom. The third kappa shape index (κ3) is 2.79. The Morgan fingerprint density at radius 3 is 2.73 bits per heavy atom. The van der Waals surface area contributed by atoms with Gasteiger partial charge in [-0.3, -0.25) is 4.79 Å². The van der Waals surface area contributed by atoms with Crippen molar-refractivity contribution in [2.45, 2.75) is 44.4 Å². The average molecular weight is 402 g/mol. The van der Waals surface area contributed by atoms with Gasteiger partial charge in [0, 0.05) is 12.6 Å². The lowest BCUT2D eigenvalue weighted by atomic mass is 10.2. The SMILES string of the molecule is O=c1c2ccccc2n(C2CCCCO2)n1-c1cccc(-c2nncn2C2CC2)n1. The molecule has 0 N–H and O–H groups in total. The minimum atomic E-state index is -0.188. The van der Waals surface area contributed by atoms with Gasteiger partial charge in [-0.15, -0.1) is 10.2 Å². The summed E-state index contributed by atoms with van der Waals surface area (Å²) in [4.78, 5) is 18.2. The fourth-order valence-corrected chi connectivity index (χ4v) is 4.30. The van der Waals surface area contributed by atoms with Crippen molar-refractivity contribution in [3.63, 3.8) is 0 Å². The van der Waals surface area contributed by atoms with Crippen LogP contribution in [0.25, 0.3) is 28.2 Å². The van der Waals surface area contributed by atoms with Gasteiger partial charge in [0.25, 0.3) is 5.56 Å². The molecule has 0 bridgehead atoms. The first-order valence-electron chi connectivity index (χ1n) is 10.5. The number of pyridine rings is 1. The molecule has 0 spiro atoms. The molecular formula is C22H22N6O2. The molecule has 1 saturated carbocycles. The molecule has 2 aliphatic rings. The largest absolute Gasteiger partial charge is 0.357 e. The summed E-state index contributed by atoms with van der Waals surface area (Å²) < 4.78 is 11.8. The molecule has 1 saturated heterocycles. The summed E-state index contributed by atoms with van der Waals surface area (Å²) in [5, 5.41) is 9.04. The predicted octanol–water partition coefficient (Wildman–Crippen LogP) is 3.48. The molecule has 4 aromatic rings. The monoisotopic (exact) mass is 402 g/mol. The Balaban J connectivity index is 1.54. The molecule has 152 valence electrons. The van der Waals surface area contributed by atoms with E-state index in [2.05, 4.69) is 14.8 Å². The molecule has 30 heavy (non-hydrogen) atoms. The zero-order valence-electron chi connectivity index (χ0n) is 16.5. The number of para-hydroxylation sites is 1. The van der Waals surface area contributed by atoms with Crippen LogP contribution >= 0.6 is 0 Å². The molecule has 2 fully saturated rings. The molecular weight excluding hydrogens is 380 g/mol. The van der Waals surface area contributed by atoms with E-state index in [0.29, 0.717) is 29.5 Å². The highest BCUT2D eigenvalue weighted by atomic mass is 16.5. The number of fused-ring (bicyclic) bond motifs is 1. The van der Waals surface area contributed by atoms with Crippen LogP contribution < -0.4 is 5.56 Å². The minimum absolute atomic E-state index is 0.0897. The second kappa shape index (κ2) is 6.91. The normalized spacial score (nSPS) is 19.4. The van der Waals surface area contributed by atoms with Crippen LogP contribution in [0.1, 0.15) is 44.4 Å². The van der Waals surface area contributed by atoms with E-state index in [4.69, 9.17) is 9.72 Å². The standard InChI is InChI=1S/C22H22N6O2/c29-22-16-6-1-2-8-18(16)27(20-10-3-4-13-30-20)28(22)19-9-5-7-17(24-19)21-25-23-14-26(21)15-11-12-15/h1-2,5-9,14-15,20H,3-4,10-13H2. The minimum Gasteiger partial charge on any atom is -0.357 e. The van der Waals surface area contributed by atoms with Gasteiger partial charge in [0.2, 0.25) is 0 Å². The van der Waals surface area contributed by atoms with Gasteiger partial charge >= 0.3 is 0 Å². The summed E-state index contributed by atoms with van der Waals surface area (Å²) >= 11 is 0. The number of ether oxygens (including phenoxy) is 1. The van der Waals surface area contributed by atoms with Crippen molar-refractivity contribution in [1.82, 2.24) is 29.1 Å². The summed E-state index contributed by atoms with van der Waals surface area (Å²) in [6, 6.07) is 13.8. The van der Waals surface area contributed by atoms with E-state index in [9.17, 15) is 4.79 Å². The number of hydrogen-bond donors (Lipinski definition) is 0. The third-order valence-electron chi connectivity index (χ3n) is 5.91. The number of hydrogen-bond acceptors (Lipinski definition) is 5. The lowest BCUT2D eigenvalue weighted by molar-refractivity contribution is -0.0408. The van der Waals surface area contributed by atoms with Crippen LogP contribution in [0.3, 0.4) is 0 Å². The van der Waals surface area contributed by atoms with Crippen LogP contribution in [0.15, 0.2) is 53.6 Å². The first-order chi connectivity index (χ1) is 14.8. The van der Waals surface area contributed by atoms with Gasteiger partial charge < -0.3 is 9.30 Å². The van der Waals surface area contributed by atoms with Crippen molar-refractivity contribution in [2.75, 3.05) is 6.61 Å². The predicted molar refractivity (Wildman–Crippen MR) is 111 cm³/mol. The number of benzene rings is 1. The van der Waals surface area contributed by atoms with Crippen molar-refractivity contribution in [3.8, 4) is 17.3 Å². The Kier molecular flexibility index (Phi) is 4.05. The fraction of sp³-hybridized carbons (Fsp3) is 0.364. The summed E-state index contributed by atoms with van der Waals surface area (Å²) in [5.74, 6) is 1.30. The molecule has 4 heterocycles. The third-order valence-corrected chi connectivity index (χ3v) is 5.91. The van der Waals surface area contributed by atoms with E-state index in [1.807, 2.05) is 47.1 Å². The van der Waals surface area contributed by atoms with Gasteiger partial charge in [-0.2, -0.15) is 4.68 Å². The van der Waals surface area contributed by atoms with Gasteiger partial charge in [-0.05, 0) is 56.4 Å². The van der Waals surface area contributed by atoms with Crippen LogP contribution in [0, 0.1) is 0 Å². The van der Waals surface area contributed by atoms with E-state index in [1.165, 1.54) is 0 Å².